The molecule has 1 aliphatic heterocycles. The van der Waals surface area contributed by atoms with Crippen molar-refractivity contribution in [3.05, 3.63) is 58.4 Å². The van der Waals surface area contributed by atoms with Crippen LogP contribution in [0.1, 0.15) is 17.5 Å². The Morgan fingerprint density at radius 1 is 1.26 bits per heavy atom. The van der Waals surface area contributed by atoms with Crippen molar-refractivity contribution in [1.29, 1.82) is 5.26 Å². The number of hydrogen-bond donors (Lipinski definition) is 0. The second kappa shape index (κ2) is 7.52. The number of fused-ring (bicyclic) bond motifs is 1. The highest BCUT2D eigenvalue weighted by atomic mass is 32.1. The lowest BCUT2D eigenvalue weighted by Gasteiger charge is -2.06. The molecule has 6 heteroatoms. The molecular weight excluding hydrogens is 360 g/mol. The summed E-state index contributed by atoms with van der Waals surface area (Å²) in [6.07, 6.45) is 1.81. The minimum absolute atomic E-state index is 0.238. The average molecular weight is 376 g/mol. The van der Waals surface area contributed by atoms with Crippen molar-refractivity contribution in [3.63, 3.8) is 0 Å². The fraction of sp³-hybridized carbons (Fsp3) is 0.143. The first-order valence-electron chi connectivity index (χ1n) is 8.48. The normalized spacial score (nSPS) is 12.7. The highest BCUT2D eigenvalue weighted by molar-refractivity contribution is 7.11. The van der Waals surface area contributed by atoms with E-state index in [9.17, 15) is 5.26 Å². The smallest absolute Gasteiger partial charge is 0.231 e. The van der Waals surface area contributed by atoms with Crippen molar-refractivity contribution in [2.45, 2.75) is 6.92 Å². The predicted octanol–water partition coefficient (Wildman–Crippen LogP) is 5.00. The molecule has 0 aliphatic carbocycles. The predicted molar refractivity (Wildman–Crippen MR) is 105 cm³/mol. The number of nitrogens with zero attached hydrogens (tertiary/aromatic N) is 2. The van der Waals surface area contributed by atoms with Gasteiger partial charge in [0, 0.05) is 16.5 Å². The number of aromatic nitrogens is 1. The molecule has 0 atom stereocenters. The number of benzene rings is 2. The lowest BCUT2D eigenvalue weighted by atomic mass is 10.1. The Labute approximate surface area is 161 Å². The third-order valence-corrected chi connectivity index (χ3v) is 4.92. The molecule has 27 heavy (non-hydrogen) atoms. The van der Waals surface area contributed by atoms with E-state index in [2.05, 4.69) is 11.1 Å². The van der Waals surface area contributed by atoms with Crippen LogP contribution in [0.3, 0.4) is 0 Å². The third kappa shape index (κ3) is 3.50. The van der Waals surface area contributed by atoms with E-state index >= 15 is 0 Å². The van der Waals surface area contributed by atoms with Gasteiger partial charge in [0.15, 0.2) is 11.5 Å². The fourth-order valence-corrected chi connectivity index (χ4v) is 3.56. The molecule has 0 saturated carbocycles. The van der Waals surface area contributed by atoms with Crippen LogP contribution >= 0.6 is 11.3 Å². The Morgan fingerprint density at radius 2 is 2.11 bits per heavy atom. The molecule has 2 aromatic carbocycles. The maximum Gasteiger partial charge on any atom is 0.231 e. The van der Waals surface area contributed by atoms with Crippen molar-refractivity contribution in [2.75, 3.05) is 13.4 Å². The second-order valence-electron chi connectivity index (χ2n) is 5.75. The van der Waals surface area contributed by atoms with Gasteiger partial charge in [0.1, 0.15) is 16.8 Å². The van der Waals surface area contributed by atoms with E-state index in [4.69, 9.17) is 14.2 Å². The molecule has 0 bridgehead atoms. The lowest BCUT2D eigenvalue weighted by molar-refractivity contribution is 0.174. The van der Waals surface area contributed by atoms with Crippen LogP contribution in [0.2, 0.25) is 0 Å². The number of para-hydroxylation sites is 1. The molecule has 0 fully saturated rings. The van der Waals surface area contributed by atoms with Gasteiger partial charge in [-0.05, 0) is 37.3 Å². The number of nitriles is 1. The van der Waals surface area contributed by atoms with E-state index in [1.165, 1.54) is 11.3 Å². The van der Waals surface area contributed by atoms with Crippen LogP contribution in [0.4, 0.5) is 0 Å². The van der Waals surface area contributed by atoms with Crippen molar-refractivity contribution < 1.29 is 14.2 Å². The highest BCUT2D eigenvalue weighted by Crippen LogP contribution is 2.37. The summed E-state index contributed by atoms with van der Waals surface area (Å²) in [5.41, 5.74) is 3.08. The van der Waals surface area contributed by atoms with E-state index in [0.29, 0.717) is 22.9 Å². The van der Waals surface area contributed by atoms with Gasteiger partial charge in [0.2, 0.25) is 6.79 Å². The zero-order valence-corrected chi connectivity index (χ0v) is 15.5. The van der Waals surface area contributed by atoms with Gasteiger partial charge < -0.3 is 14.2 Å². The van der Waals surface area contributed by atoms with Gasteiger partial charge in [-0.15, -0.1) is 11.3 Å². The second-order valence-corrected chi connectivity index (χ2v) is 6.60. The number of hydrogen-bond acceptors (Lipinski definition) is 6. The molecule has 4 rings (SSSR count). The third-order valence-electron chi connectivity index (χ3n) is 4.04. The number of rotatable bonds is 5. The highest BCUT2D eigenvalue weighted by Gasteiger charge is 2.16. The molecule has 0 unspecified atom stereocenters. The zero-order valence-electron chi connectivity index (χ0n) is 14.6. The van der Waals surface area contributed by atoms with Gasteiger partial charge in [-0.2, -0.15) is 5.26 Å². The minimum atomic E-state index is 0.238. The molecule has 5 nitrogen and oxygen atoms in total. The van der Waals surface area contributed by atoms with E-state index in [1.807, 2.05) is 60.8 Å². The molecule has 1 aliphatic rings. The summed E-state index contributed by atoms with van der Waals surface area (Å²) in [5, 5.41) is 12.2. The van der Waals surface area contributed by atoms with Crippen LogP contribution in [0, 0.1) is 11.3 Å². The van der Waals surface area contributed by atoms with Gasteiger partial charge >= 0.3 is 0 Å². The molecule has 134 valence electrons. The fourth-order valence-electron chi connectivity index (χ4n) is 2.77. The first-order valence-corrected chi connectivity index (χ1v) is 9.36. The monoisotopic (exact) mass is 376 g/mol. The van der Waals surface area contributed by atoms with Crippen LogP contribution in [-0.2, 0) is 0 Å². The van der Waals surface area contributed by atoms with Gasteiger partial charge in [0.05, 0.1) is 17.9 Å². The quantitative estimate of drug-likeness (QED) is 0.586. The molecule has 0 spiro atoms. The zero-order chi connectivity index (χ0) is 18.6. The molecular formula is C21H16N2O3S. The van der Waals surface area contributed by atoms with Gasteiger partial charge in [-0.1, -0.05) is 18.2 Å². The summed E-state index contributed by atoms with van der Waals surface area (Å²) in [7, 11) is 0. The topological polar surface area (TPSA) is 64.4 Å². The Balaban J connectivity index is 1.66. The Bertz CT molecular complexity index is 1050. The number of allylic oxidation sites excluding steroid dienone is 1. The van der Waals surface area contributed by atoms with Crippen LogP contribution in [-0.4, -0.2) is 18.4 Å². The maximum absolute atomic E-state index is 9.64. The summed E-state index contributed by atoms with van der Waals surface area (Å²) in [6.45, 7) is 2.74. The molecule has 0 N–H and O–H groups in total. The van der Waals surface area contributed by atoms with Crippen LogP contribution in [0.25, 0.3) is 22.9 Å². The summed E-state index contributed by atoms with van der Waals surface area (Å²) in [6, 6.07) is 15.6. The molecule has 0 radical (unpaired) electrons. The summed E-state index contributed by atoms with van der Waals surface area (Å²) in [4.78, 5) is 4.64. The van der Waals surface area contributed by atoms with Gasteiger partial charge in [-0.3, -0.25) is 0 Å². The average Bonchev–Trinajstić information content (AvgIpc) is 3.36. The largest absolute Gasteiger partial charge is 0.493 e. The minimum Gasteiger partial charge on any atom is -0.493 e. The Hall–Kier alpha value is -3.30. The summed E-state index contributed by atoms with van der Waals surface area (Å²) < 4.78 is 16.4. The van der Waals surface area contributed by atoms with Crippen molar-refractivity contribution in [3.8, 4) is 34.6 Å². The van der Waals surface area contributed by atoms with Gasteiger partial charge in [-0.25, -0.2) is 4.98 Å². The van der Waals surface area contributed by atoms with Crippen LogP contribution in [0.15, 0.2) is 47.8 Å². The van der Waals surface area contributed by atoms with E-state index in [0.717, 1.165) is 28.3 Å². The number of thiazole rings is 1. The number of ether oxygens (including phenoxy) is 3. The van der Waals surface area contributed by atoms with Crippen molar-refractivity contribution in [2.24, 2.45) is 0 Å². The maximum atomic E-state index is 9.64. The van der Waals surface area contributed by atoms with E-state index in [1.54, 1.807) is 0 Å². The first kappa shape index (κ1) is 17.1. The standard InChI is InChI=1S/C21H16N2O3S/c1-2-24-18-6-4-3-5-15(18)9-16(11-22)21-23-17(12-27-21)14-7-8-19-20(10-14)26-13-25-19/h3-10,12H,2,13H2,1H3/b16-9+. The van der Waals surface area contributed by atoms with Crippen molar-refractivity contribution in [1.82, 2.24) is 4.98 Å². The molecule has 3 aromatic rings. The molecule has 0 amide bonds. The molecule has 0 saturated heterocycles. The van der Waals surface area contributed by atoms with E-state index < -0.39 is 0 Å². The van der Waals surface area contributed by atoms with Crippen LogP contribution in [0.5, 0.6) is 17.2 Å². The first-order chi connectivity index (χ1) is 13.3. The Kier molecular flexibility index (Phi) is 4.77. The molecule has 1 aromatic heterocycles. The van der Waals surface area contributed by atoms with E-state index in [-0.39, 0.29) is 6.79 Å². The SMILES string of the molecule is CCOc1ccccc1/C=C(\C#N)c1nc(-c2ccc3c(c2)OCO3)cs1. The van der Waals surface area contributed by atoms with Crippen molar-refractivity contribution >= 4 is 23.0 Å². The summed E-state index contributed by atoms with van der Waals surface area (Å²) >= 11 is 1.43. The summed E-state index contributed by atoms with van der Waals surface area (Å²) in [5.74, 6) is 2.20. The Morgan fingerprint density at radius 3 is 2.96 bits per heavy atom. The van der Waals surface area contributed by atoms with Gasteiger partial charge in [0.25, 0.3) is 0 Å². The lowest BCUT2D eigenvalue weighted by Crippen LogP contribution is -1.93. The van der Waals surface area contributed by atoms with Crippen LogP contribution < -0.4 is 14.2 Å². The molecule has 2 heterocycles.